The third kappa shape index (κ3) is 7.02. The number of rotatable bonds is 12. The number of hydrogen-bond donors (Lipinski definition) is 3. The number of carboxylic acids is 1. The monoisotopic (exact) mass is 584 g/mol. The van der Waals surface area contributed by atoms with Gasteiger partial charge in [0.2, 0.25) is 5.91 Å². The molecule has 0 radical (unpaired) electrons. The molecular formula is C32H32N4O5S. The van der Waals surface area contributed by atoms with E-state index in [1.54, 1.807) is 18.8 Å². The van der Waals surface area contributed by atoms with E-state index in [0.717, 1.165) is 32.7 Å². The van der Waals surface area contributed by atoms with Gasteiger partial charge in [-0.15, -0.1) is 11.3 Å². The van der Waals surface area contributed by atoms with Gasteiger partial charge in [0, 0.05) is 36.5 Å². The first kappa shape index (κ1) is 29.0. The minimum Gasteiger partial charge on any atom is -0.480 e. The van der Waals surface area contributed by atoms with E-state index in [2.05, 4.69) is 27.8 Å². The van der Waals surface area contributed by atoms with Gasteiger partial charge in [-0.1, -0.05) is 78.9 Å². The lowest BCUT2D eigenvalue weighted by Crippen LogP contribution is -2.55. The number of likely N-dealkylation sites (N-methyl/N-ethyl adjacent to an activating group) is 1. The van der Waals surface area contributed by atoms with E-state index >= 15 is 0 Å². The summed E-state index contributed by atoms with van der Waals surface area (Å²) in [6, 6.07) is 23.5. The minimum absolute atomic E-state index is 0.0776. The van der Waals surface area contributed by atoms with E-state index in [1.165, 1.54) is 11.3 Å². The Labute approximate surface area is 248 Å². The summed E-state index contributed by atoms with van der Waals surface area (Å²) in [5.74, 6) is -1.91. The molecule has 42 heavy (non-hydrogen) atoms. The number of carboxylic acid groups (broad SMARTS) is 1. The van der Waals surface area contributed by atoms with Crippen molar-refractivity contribution in [3.8, 4) is 11.1 Å². The van der Waals surface area contributed by atoms with Crippen molar-refractivity contribution in [1.82, 2.24) is 20.5 Å². The molecule has 1 aliphatic rings. The third-order valence-corrected chi connectivity index (χ3v) is 8.05. The molecule has 2 unspecified atom stereocenters. The summed E-state index contributed by atoms with van der Waals surface area (Å²) >= 11 is 1.34. The van der Waals surface area contributed by atoms with Gasteiger partial charge < -0.3 is 20.5 Å². The van der Waals surface area contributed by atoms with Crippen molar-refractivity contribution < 1.29 is 24.2 Å². The highest BCUT2D eigenvalue weighted by Gasteiger charge is 2.31. The van der Waals surface area contributed by atoms with Crippen molar-refractivity contribution in [3.05, 3.63) is 112 Å². The zero-order valence-corrected chi connectivity index (χ0v) is 23.9. The van der Waals surface area contributed by atoms with Crippen LogP contribution >= 0.6 is 11.3 Å². The Morgan fingerprint density at radius 1 is 0.929 bits per heavy atom. The number of aliphatic carboxylic acids is 1. The third-order valence-electron chi connectivity index (χ3n) is 7.25. The molecule has 10 heteroatoms. The number of carbonyl (C=O) groups excluding carboxylic acids is 2. The number of ether oxygens (including phenoxy) is 1. The van der Waals surface area contributed by atoms with Crippen molar-refractivity contribution in [3.63, 3.8) is 0 Å². The Kier molecular flexibility index (Phi) is 9.25. The van der Waals surface area contributed by atoms with Crippen LogP contribution in [0, 0.1) is 0 Å². The highest BCUT2D eigenvalue weighted by atomic mass is 32.1. The van der Waals surface area contributed by atoms with Crippen LogP contribution in [0.4, 0.5) is 4.79 Å². The molecule has 1 heterocycles. The van der Waals surface area contributed by atoms with Crippen LogP contribution in [-0.4, -0.2) is 65.2 Å². The van der Waals surface area contributed by atoms with Gasteiger partial charge in [0.25, 0.3) is 0 Å². The number of hydrogen-bond acceptors (Lipinski definition) is 7. The SMILES string of the molecule is CN(Cc1ccccc1)CC(NC(=O)C(Cc1cncs1)NC(=O)OCC1c2ccccc2-c2ccccc21)C(=O)O. The van der Waals surface area contributed by atoms with Crippen LogP contribution in [0.1, 0.15) is 27.5 Å². The van der Waals surface area contributed by atoms with E-state index in [4.69, 9.17) is 4.74 Å². The lowest BCUT2D eigenvalue weighted by atomic mass is 9.98. The van der Waals surface area contributed by atoms with E-state index in [9.17, 15) is 19.5 Å². The summed E-state index contributed by atoms with van der Waals surface area (Å²) < 4.78 is 5.66. The second-order valence-corrected chi connectivity index (χ2v) is 11.2. The van der Waals surface area contributed by atoms with Crippen LogP contribution in [0.2, 0.25) is 0 Å². The molecule has 1 aliphatic carbocycles. The Hall–Kier alpha value is -4.54. The molecule has 1 aromatic heterocycles. The minimum atomic E-state index is -1.18. The zero-order chi connectivity index (χ0) is 29.5. The van der Waals surface area contributed by atoms with Gasteiger partial charge >= 0.3 is 12.1 Å². The lowest BCUT2D eigenvalue weighted by molar-refractivity contribution is -0.142. The van der Waals surface area contributed by atoms with Crippen molar-refractivity contribution in [2.24, 2.45) is 0 Å². The Balaban J connectivity index is 1.24. The highest BCUT2D eigenvalue weighted by Crippen LogP contribution is 2.44. The average Bonchev–Trinajstić information content (AvgIpc) is 3.62. The first-order valence-electron chi connectivity index (χ1n) is 13.6. The molecule has 0 bridgehead atoms. The number of carbonyl (C=O) groups is 3. The molecule has 3 N–H and O–H groups in total. The number of alkyl carbamates (subject to hydrolysis) is 1. The maximum atomic E-state index is 13.4. The van der Waals surface area contributed by atoms with Crippen molar-refractivity contribution in [1.29, 1.82) is 0 Å². The van der Waals surface area contributed by atoms with Crippen molar-refractivity contribution in [2.75, 3.05) is 20.2 Å². The fourth-order valence-electron chi connectivity index (χ4n) is 5.26. The Bertz CT molecular complexity index is 1480. The van der Waals surface area contributed by atoms with Crippen LogP contribution in [0.25, 0.3) is 11.1 Å². The summed E-state index contributed by atoms with van der Waals surface area (Å²) in [5.41, 5.74) is 7.04. The standard InChI is InChI=1S/C32H32N4O5S/c1-36(17-21-9-3-2-4-10-21)18-29(31(38)39)34-30(37)28(15-22-16-33-20-42-22)35-32(40)41-19-27-25-13-7-5-11-23(25)24-12-6-8-14-26(24)27/h2-14,16,20,27-29H,15,17-19H2,1H3,(H,34,37)(H,35,40)(H,38,39). The van der Waals surface area contributed by atoms with E-state index in [-0.39, 0.29) is 25.5 Å². The number of benzene rings is 3. The van der Waals surface area contributed by atoms with Gasteiger partial charge in [-0.25, -0.2) is 9.59 Å². The summed E-state index contributed by atoms with van der Waals surface area (Å²) in [6.07, 6.45) is 1.01. The lowest BCUT2D eigenvalue weighted by Gasteiger charge is -2.25. The van der Waals surface area contributed by atoms with Crippen LogP contribution in [0.5, 0.6) is 0 Å². The zero-order valence-electron chi connectivity index (χ0n) is 23.1. The van der Waals surface area contributed by atoms with Crippen molar-refractivity contribution in [2.45, 2.75) is 31.0 Å². The predicted octanol–water partition coefficient (Wildman–Crippen LogP) is 4.29. The fourth-order valence-corrected chi connectivity index (χ4v) is 5.91. The number of nitrogens with zero attached hydrogens (tertiary/aromatic N) is 2. The van der Waals surface area contributed by atoms with Gasteiger partial charge in [0.1, 0.15) is 18.7 Å². The number of nitrogens with one attached hydrogen (secondary N) is 2. The molecule has 0 aliphatic heterocycles. The molecule has 216 valence electrons. The van der Waals surface area contributed by atoms with Crippen LogP contribution in [-0.2, 0) is 27.3 Å². The maximum Gasteiger partial charge on any atom is 0.407 e. The van der Waals surface area contributed by atoms with Gasteiger partial charge in [-0.2, -0.15) is 0 Å². The molecule has 0 fully saturated rings. The highest BCUT2D eigenvalue weighted by molar-refractivity contribution is 7.09. The van der Waals surface area contributed by atoms with E-state index < -0.39 is 30.1 Å². The molecule has 0 saturated carbocycles. The van der Waals surface area contributed by atoms with Gasteiger partial charge in [-0.3, -0.25) is 14.7 Å². The van der Waals surface area contributed by atoms with Crippen LogP contribution < -0.4 is 10.6 Å². The van der Waals surface area contributed by atoms with Crippen LogP contribution in [0.15, 0.2) is 90.6 Å². The molecule has 4 aromatic rings. The summed E-state index contributed by atoms with van der Waals surface area (Å²) in [5, 5.41) is 15.1. The predicted molar refractivity (Wildman–Crippen MR) is 160 cm³/mol. The van der Waals surface area contributed by atoms with Crippen LogP contribution in [0.3, 0.4) is 0 Å². The molecular weight excluding hydrogens is 552 g/mol. The summed E-state index contributed by atoms with van der Waals surface area (Å²) in [7, 11) is 1.79. The molecule has 0 spiro atoms. The smallest absolute Gasteiger partial charge is 0.407 e. The Morgan fingerprint density at radius 3 is 2.19 bits per heavy atom. The maximum absolute atomic E-state index is 13.4. The molecule has 5 rings (SSSR count). The molecule has 2 amide bonds. The van der Waals surface area contributed by atoms with Gasteiger partial charge in [0.15, 0.2) is 0 Å². The molecule has 9 nitrogen and oxygen atoms in total. The van der Waals surface area contributed by atoms with Crippen molar-refractivity contribution >= 4 is 29.3 Å². The quantitative estimate of drug-likeness (QED) is 0.227. The first-order chi connectivity index (χ1) is 20.4. The summed E-state index contributed by atoms with van der Waals surface area (Å²) in [6.45, 7) is 0.688. The number of thiazole rings is 1. The normalized spacial score (nSPS) is 13.6. The second kappa shape index (κ2) is 13.4. The van der Waals surface area contributed by atoms with Gasteiger partial charge in [-0.05, 0) is 34.9 Å². The van der Waals surface area contributed by atoms with E-state index in [0.29, 0.717) is 6.54 Å². The van der Waals surface area contributed by atoms with E-state index in [1.807, 2.05) is 71.6 Å². The van der Waals surface area contributed by atoms with Gasteiger partial charge in [0.05, 0.1) is 5.51 Å². The topological polar surface area (TPSA) is 121 Å². The number of fused-ring (bicyclic) bond motifs is 3. The number of amides is 2. The molecule has 3 aromatic carbocycles. The molecule has 2 atom stereocenters. The first-order valence-corrected chi connectivity index (χ1v) is 14.5. The molecule has 0 saturated heterocycles. The second-order valence-electron chi connectivity index (χ2n) is 10.3. The number of aromatic nitrogens is 1. The Morgan fingerprint density at radius 2 is 1.57 bits per heavy atom. The average molecular weight is 585 g/mol. The summed E-state index contributed by atoms with van der Waals surface area (Å²) in [4.78, 5) is 45.1. The fraction of sp³-hybridized carbons (Fsp3) is 0.250. The largest absolute Gasteiger partial charge is 0.480 e.